The van der Waals surface area contributed by atoms with Gasteiger partial charge in [-0.2, -0.15) is 0 Å². The van der Waals surface area contributed by atoms with Crippen molar-refractivity contribution in [2.24, 2.45) is 0 Å². The molecule has 0 spiro atoms. The predicted octanol–water partition coefficient (Wildman–Crippen LogP) is 1.20. The summed E-state index contributed by atoms with van der Waals surface area (Å²) in [5, 5.41) is 7.88. The van der Waals surface area contributed by atoms with Crippen LogP contribution in [0.1, 0.15) is 19.8 Å². The van der Waals surface area contributed by atoms with E-state index in [1.807, 2.05) is 24.3 Å². The fraction of sp³-hybridized carbons (Fsp3) is 0.417. The average molecular weight is 249 g/mol. The molecule has 2 aromatic rings. The van der Waals surface area contributed by atoms with E-state index in [1.165, 1.54) is 11.8 Å². The Balaban J connectivity index is 1.75. The van der Waals surface area contributed by atoms with Crippen molar-refractivity contribution >= 4 is 17.0 Å². The number of nitrogens with zero attached hydrogens (tertiary/aromatic N) is 3. The average Bonchev–Trinajstić information content (AvgIpc) is 2.77. The highest BCUT2D eigenvalue weighted by molar-refractivity contribution is 5.73. The standard InChI is InChI=1S/C12H15N3O3/c1-10(16)17-8-4-5-9-18-15-12-7-3-2-6-11(12)13-14-15/h2-3,6-7H,4-5,8-9H2,1H3. The number of hydrogen-bond donors (Lipinski definition) is 0. The molecule has 18 heavy (non-hydrogen) atoms. The molecule has 0 amide bonds. The monoisotopic (exact) mass is 249 g/mol. The first-order valence-corrected chi connectivity index (χ1v) is 5.84. The highest BCUT2D eigenvalue weighted by atomic mass is 16.7. The SMILES string of the molecule is CC(=O)OCCCCOn1nnc2ccccc21. The fourth-order valence-electron chi connectivity index (χ4n) is 1.51. The van der Waals surface area contributed by atoms with Crippen molar-refractivity contribution in [3.8, 4) is 0 Å². The van der Waals surface area contributed by atoms with E-state index in [2.05, 4.69) is 10.3 Å². The third-order valence-corrected chi connectivity index (χ3v) is 2.38. The lowest BCUT2D eigenvalue weighted by Gasteiger charge is -2.05. The topological polar surface area (TPSA) is 66.2 Å². The Morgan fingerprint density at radius 1 is 1.28 bits per heavy atom. The molecular weight excluding hydrogens is 234 g/mol. The van der Waals surface area contributed by atoms with Gasteiger partial charge in [-0.1, -0.05) is 17.0 Å². The number of esters is 1. The largest absolute Gasteiger partial charge is 0.466 e. The predicted molar refractivity (Wildman–Crippen MR) is 64.8 cm³/mol. The van der Waals surface area contributed by atoms with Crippen LogP contribution in [0.2, 0.25) is 0 Å². The maximum Gasteiger partial charge on any atom is 0.302 e. The van der Waals surface area contributed by atoms with Crippen molar-refractivity contribution in [3.05, 3.63) is 24.3 Å². The number of fused-ring (bicyclic) bond motifs is 1. The highest BCUT2D eigenvalue weighted by Gasteiger charge is 2.03. The Hall–Kier alpha value is -2.11. The molecule has 0 unspecified atom stereocenters. The van der Waals surface area contributed by atoms with Crippen LogP contribution < -0.4 is 4.84 Å². The molecule has 2 rings (SSSR count). The fourth-order valence-corrected chi connectivity index (χ4v) is 1.51. The molecule has 0 atom stereocenters. The van der Waals surface area contributed by atoms with Crippen molar-refractivity contribution in [3.63, 3.8) is 0 Å². The van der Waals surface area contributed by atoms with E-state index in [4.69, 9.17) is 9.57 Å². The minimum Gasteiger partial charge on any atom is -0.466 e. The first kappa shape index (κ1) is 12.3. The normalized spacial score (nSPS) is 10.5. The molecule has 1 aromatic heterocycles. The number of hydrogen-bond acceptors (Lipinski definition) is 5. The number of carbonyl (C=O) groups is 1. The van der Waals surface area contributed by atoms with E-state index in [9.17, 15) is 4.79 Å². The van der Waals surface area contributed by atoms with Gasteiger partial charge in [0, 0.05) is 6.92 Å². The lowest BCUT2D eigenvalue weighted by molar-refractivity contribution is -0.141. The molecule has 0 N–H and O–H groups in total. The number of para-hydroxylation sites is 1. The van der Waals surface area contributed by atoms with Crippen LogP contribution in [0.3, 0.4) is 0 Å². The van der Waals surface area contributed by atoms with Gasteiger partial charge in [-0.05, 0) is 30.2 Å². The van der Waals surface area contributed by atoms with Gasteiger partial charge in [0.25, 0.3) is 0 Å². The number of rotatable bonds is 6. The van der Waals surface area contributed by atoms with E-state index in [0.29, 0.717) is 13.2 Å². The molecule has 0 bridgehead atoms. The number of ether oxygens (including phenoxy) is 1. The molecular formula is C12H15N3O3. The zero-order chi connectivity index (χ0) is 12.8. The molecule has 1 aromatic carbocycles. The van der Waals surface area contributed by atoms with Gasteiger partial charge in [-0.25, -0.2) is 0 Å². The second-order valence-corrected chi connectivity index (χ2v) is 3.83. The van der Waals surface area contributed by atoms with Crippen LogP contribution in [-0.4, -0.2) is 34.3 Å². The van der Waals surface area contributed by atoms with E-state index in [0.717, 1.165) is 23.9 Å². The van der Waals surface area contributed by atoms with Gasteiger partial charge in [0.1, 0.15) is 17.6 Å². The summed E-state index contributed by atoms with van der Waals surface area (Å²) in [4.78, 5) is 17.4. The summed E-state index contributed by atoms with van der Waals surface area (Å²) in [6.45, 7) is 2.34. The van der Waals surface area contributed by atoms with E-state index in [1.54, 1.807) is 0 Å². The van der Waals surface area contributed by atoms with Crippen LogP contribution in [0.25, 0.3) is 11.0 Å². The molecule has 0 aliphatic carbocycles. The van der Waals surface area contributed by atoms with Crippen molar-refractivity contribution < 1.29 is 14.4 Å². The molecule has 6 heteroatoms. The summed E-state index contributed by atoms with van der Waals surface area (Å²) in [6.07, 6.45) is 1.56. The van der Waals surface area contributed by atoms with Gasteiger partial charge < -0.3 is 9.57 Å². The molecule has 0 radical (unpaired) electrons. The molecule has 0 fully saturated rings. The summed E-state index contributed by atoms with van der Waals surface area (Å²) in [5.41, 5.74) is 1.65. The van der Waals surface area contributed by atoms with Crippen LogP contribution >= 0.6 is 0 Å². The van der Waals surface area contributed by atoms with Crippen LogP contribution in [0, 0.1) is 0 Å². The number of carbonyl (C=O) groups excluding carboxylic acids is 1. The van der Waals surface area contributed by atoms with Crippen molar-refractivity contribution in [2.45, 2.75) is 19.8 Å². The number of aromatic nitrogens is 3. The van der Waals surface area contributed by atoms with Crippen molar-refractivity contribution in [2.75, 3.05) is 13.2 Å². The molecule has 96 valence electrons. The zero-order valence-corrected chi connectivity index (χ0v) is 10.2. The zero-order valence-electron chi connectivity index (χ0n) is 10.2. The van der Waals surface area contributed by atoms with E-state index in [-0.39, 0.29) is 5.97 Å². The number of unbranched alkanes of at least 4 members (excludes halogenated alkanes) is 1. The van der Waals surface area contributed by atoms with Crippen molar-refractivity contribution in [1.82, 2.24) is 15.2 Å². The summed E-state index contributed by atoms with van der Waals surface area (Å²) >= 11 is 0. The van der Waals surface area contributed by atoms with Crippen LogP contribution in [0.4, 0.5) is 0 Å². The Labute approximate surface area is 104 Å². The van der Waals surface area contributed by atoms with Crippen LogP contribution in [0.15, 0.2) is 24.3 Å². The smallest absolute Gasteiger partial charge is 0.302 e. The Kier molecular flexibility index (Phi) is 4.11. The van der Waals surface area contributed by atoms with Gasteiger partial charge in [-0.3, -0.25) is 4.79 Å². The van der Waals surface area contributed by atoms with Gasteiger partial charge >= 0.3 is 5.97 Å². The molecule has 6 nitrogen and oxygen atoms in total. The Bertz CT molecular complexity index is 524. The quantitative estimate of drug-likeness (QED) is 0.568. The summed E-state index contributed by atoms with van der Waals surface area (Å²) in [5.74, 6) is -0.252. The van der Waals surface area contributed by atoms with Gasteiger partial charge in [0.05, 0.1) is 6.61 Å². The van der Waals surface area contributed by atoms with Gasteiger partial charge in [0.15, 0.2) is 0 Å². The second-order valence-electron chi connectivity index (χ2n) is 3.83. The maximum atomic E-state index is 10.5. The van der Waals surface area contributed by atoms with Crippen LogP contribution in [-0.2, 0) is 9.53 Å². The molecule has 0 saturated heterocycles. The lowest BCUT2D eigenvalue weighted by atomic mass is 10.3. The third-order valence-electron chi connectivity index (χ3n) is 2.38. The molecule has 0 saturated carbocycles. The van der Waals surface area contributed by atoms with Crippen LogP contribution in [0.5, 0.6) is 0 Å². The summed E-state index contributed by atoms with van der Waals surface area (Å²) < 4.78 is 4.82. The van der Waals surface area contributed by atoms with E-state index >= 15 is 0 Å². The number of benzene rings is 1. The van der Waals surface area contributed by atoms with Gasteiger partial charge in [0.2, 0.25) is 0 Å². The molecule has 1 heterocycles. The first-order valence-electron chi connectivity index (χ1n) is 5.84. The minimum absolute atomic E-state index is 0.252. The lowest BCUT2D eigenvalue weighted by Crippen LogP contribution is -2.15. The van der Waals surface area contributed by atoms with Crippen molar-refractivity contribution in [1.29, 1.82) is 0 Å². The van der Waals surface area contributed by atoms with Gasteiger partial charge in [-0.15, -0.1) is 5.10 Å². The van der Waals surface area contributed by atoms with E-state index < -0.39 is 0 Å². The Morgan fingerprint density at radius 2 is 2.06 bits per heavy atom. The third kappa shape index (κ3) is 3.19. The summed E-state index contributed by atoms with van der Waals surface area (Å²) in [6, 6.07) is 7.59. The molecule has 0 aliphatic heterocycles. The molecule has 0 aliphatic rings. The maximum absolute atomic E-state index is 10.5. The Morgan fingerprint density at radius 3 is 2.89 bits per heavy atom. The summed E-state index contributed by atoms with van der Waals surface area (Å²) in [7, 11) is 0. The highest BCUT2D eigenvalue weighted by Crippen LogP contribution is 2.08. The first-order chi connectivity index (χ1) is 8.77. The second kappa shape index (κ2) is 6.00. The minimum atomic E-state index is -0.252.